The van der Waals surface area contributed by atoms with Crippen LogP contribution in [0.25, 0.3) is 0 Å². The molecular formula is C12H18N2O3S. The lowest BCUT2D eigenvalue weighted by atomic mass is 9.88. The number of hydrogen-bond donors (Lipinski definition) is 1. The number of pyridine rings is 1. The number of hydrogen-bond acceptors (Lipinski definition) is 4. The molecule has 0 spiro atoms. The van der Waals surface area contributed by atoms with E-state index in [1.54, 1.807) is 0 Å². The Bertz CT molecular complexity index is 516. The van der Waals surface area contributed by atoms with Crippen molar-refractivity contribution in [2.45, 2.75) is 43.6 Å². The number of primary sulfonamides is 1. The van der Waals surface area contributed by atoms with Gasteiger partial charge in [0, 0.05) is 6.20 Å². The Morgan fingerprint density at radius 1 is 1.39 bits per heavy atom. The first kappa shape index (κ1) is 13.3. The minimum absolute atomic E-state index is 0.0224. The van der Waals surface area contributed by atoms with Crippen LogP contribution in [0.5, 0.6) is 5.88 Å². The van der Waals surface area contributed by atoms with Gasteiger partial charge in [-0.15, -0.1) is 0 Å². The summed E-state index contributed by atoms with van der Waals surface area (Å²) < 4.78 is 28.6. The monoisotopic (exact) mass is 270 g/mol. The highest BCUT2D eigenvalue weighted by Gasteiger charge is 2.26. The van der Waals surface area contributed by atoms with Gasteiger partial charge in [-0.3, -0.25) is 0 Å². The molecule has 2 atom stereocenters. The van der Waals surface area contributed by atoms with E-state index in [0.717, 1.165) is 19.3 Å². The first-order chi connectivity index (χ1) is 8.48. The predicted molar refractivity (Wildman–Crippen MR) is 67.7 cm³/mol. The van der Waals surface area contributed by atoms with E-state index >= 15 is 0 Å². The Morgan fingerprint density at radius 2 is 2.11 bits per heavy atom. The molecule has 1 heterocycles. The number of nitrogens with zero attached hydrogens (tertiary/aromatic N) is 1. The van der Waals surface area contributed by atoms with Crippen LogP contribution in [-0.2, 0) is 10.0 Å². The molecule has 1 aromatic heterocycles. The van der Waals surface area contributed by atoms with E-state index in [4.69, 9.17) is 9.88 Å². The zero-order valence-corrected chi connectivity index (χ0v) is 11.2. The molecule has 5 nitrogen and oxygen atoms in total. The third-order valence-electron chi connectivity index (χ3n) is 3.34. The van der Waals surface area contributed by atoms with Crippen LogP contribution in [0.3, 0.4) is 0 Å². The average Bonchev–Trinajstić information content (AvgIpc) is 2.31. The number of rotatable bonds is 3. The molecule has 6 heteroatoms. The molecule has 0 aliphatic heterocycles. The van der Waals surface area contributed by atoms with Crippen molar-refractivity contribution >= 4 is 10.0 Å². The third kappa shape index (κ3) is 3.00. The van der Waals surface area contributed by atoms with Gasteiger partial charge >= 0.3 is 0 Å². The molecule has 0 amide bonds. The van der Waals surface area contributed by atoms with Gasteiger partial charge in [0.15, 0.2) is 0 Å². The highest BCUT2D eigenvalue weighted by Crippen LogP contribution is 2.29. The smallest absolute Gasteiger partial charge is 0.243 e. The molecule has 2 N–H and O–H groups in total. The van der Waals surface area contributed by atoms with Crippen molar-refractivity contribution < 1.29 is 13.2 Å². The fraction of sp³-hybridized carbons (Fsp3) is 0.583. The molecule has 1 fully saturated rings. The molecule has 0 aromatic carbocycles. The molecule has 1 saturated carbocycles. The van der Waals surface area contributed by atoms with Gasteiger partial charge in [-0.05, 0) is 37.3 Å². The molecule has 0 saturated heterocycles. The Hall–Kier alpha value is -1.14. The van der Waals surface area contributed by atoms with Gasteiger partial charge in [-0.2, -0.15) is 0 Å². The maximum absolute atomic E-state index is 11.4. The van der Waals surface area contributed by atoms with Crippen LogP contribution in [0.4, 0.5) is 0 Å². The van der Waals surface area contributed by atoms with Crippen LogP contribution in [-0.4, -0.2) is 19.5 Å². The Labute approximate surface area is 107 Å². The van der Waals surface area contributed by atoms with Crippen molar-refractivity contribution in [3.05, 3.63) is 18.3 Å². The van der Waals surface area contributed by atoms with Crippen LogP contribution in [0.1, 0.15) is 32.6 Å². The Kier molecular flexibility index (Phi) is 3.87. The van der Waals surface area contributed by atoms with Crippen molar-refractivity contribution in [1.29, 1.82) is 0 Å². The molecule has 2 unspecified atom stereocenters. The zero-order valence-electron chi connectivity index (χ0n) is 10.4. The second-order valence-corrected chi connectivity index (χ2v) is 6.30. The third-order valence-corrected chi connectivity index (χ3v) is 4.26. The van der Waals surface area contributed by atoms with Crippen LogP contribution < -0.4 is 9.88 Å². The molecule has 0 radical (unpaired) electrons. The summed E-state index contributed by atoms with van der Waals surface area (Å²) in [6.07, 6.45) is 5.87. The van der Waals surface area contributed by atoms with Crippen molar-refractivity contribution in [3.8, 4) is 5.88 Å². The van der Waals surface area contributed by atoms with Crippen molar-refractivity contribution in [2.24, 2.45) is 11.1 Å². The molecule has 1 aliphatic rings. The number of ether oxygens (including phenoxy) is 1. The first-order valence-corrected chi connectivity index (χ1v) is 7.67. The van der Waals surface area contributed by atoms with E-state index in [1.165, 1.54) is 24.8 Å². The lowest BCUT2D eigenvalue weighted by Gasteiger charge is -2.29. The maximum atomic E-state index is 11.4. The van der Waals surface area contributed by atoms with Crippen molar-refractivity contribution in [1.82, 2.24) is 4.98 Å². The molecule has 100 valence electrons. The second-order valence-electron chi connectivity index (χ2n) is 4.77. The standard InChI is InChI=1S/C12H18N2O3S/c1-9-5-2-3-6-10(9)17-12-11(18(13,15)16)7-4-8-14-12/h4,7-10H,2-3,5-6H2,1H3,(H2,13,15,16). The second kappa shape index (κ2) is 5.24. The van der Waals surface area contributed by atoms with Crippen molar-refractivity contribution in [3.63, 3.8) is 0 Å². The van der Waals surface area contributed by atoms with Gasteiger partial charge < -0.3 is 4.74 Å². The van der Waals surface area contributed by atoms with E-state index in [1.807, 2.05) is 0 Å². The van der Waals surface area contributed by atoms with Gasteiger partial charge in [0.1, 0.15) is 11.0 Å². The minimum Gasteiger partial charge on any atom is -0.473 e. The lowest BCUT2D eigenvalue weighted by Crippen LogP contribution is -2.29. The van der Waals surface area contributed by atoms with Crippen LogP contribution >= 0.6 is 0 Å². The highest BCUT2D eigenvalue weighted by molar-refractivity contribution is 7.89. The molecule has 2 rings (SSSR count). The largest absolute Gasteiger partial charge is 0.473 e. The molecule has 1 aliphatic carbocycles. The van der Waals surface area contributed by atoms with Crippen LogP contribution in [0.15, 0.2) is 23.2 Å². The molecule has 18 heavy (non-hydrogen) atoms. The normalized spacial score (nSPS) is 24.8. The van der Waals surface area contributed by atoms with E-state index in [-0.39, 0.29) is 16.9 Å². The summed E-state index contributed by atoms with van der Waals surface area (Å²) in [5.41, 5.74) is 0. The number of sulfonamides is 1. The van der Waals surface area contributed by atoms with Gasteiger partial charge in [0.2, 0.25) is 15.9 Å². The molecule has 1 aromatic rings. The summed E-state index contributed by atoms with van der Waals surface area (Å²) in [7, 11) is -3.79. The average molecular weight is 270 g/mol. The van der Waals surface area contributed by atoms with E-state index < -0.39 is 10.0 Å². The summed E-state index contributed by atoms with van der Waals surface area (Å²) in [4.78, 5) is 3.95. The topological polar surface area (TPSA) is 82.3 Å². The summed E-state index contributed by atoms with van der Waals surface area (Å²) in [6.45, 7) is 2.11. The van der Waals surface area contributed by atoms with E-state index in [2.05, 4.69) is 11.9 Å². The number of nitrogens with two attached hydrogens (primary N) is 1. The fourth-order valence-corrected chi connectivity index (χ4v) is 2.89. The summed E-state index contributed by atoms with van der Waals surface area (Å²) in [5.74, 6) is 0.535. The quantitative estimate of drug-likeness (QED) is 0.906. The minimum atomic E-state index is -3.79. The van der Waals surface area contributed by atoms with Gasteiger partial charge in [-0.25, -0.2) is 18.5 Å². The SMILES string of the molecule is CC1CCCCC1Oc1ncccc1S(N)(=O)=O. The number of aromatic nitrogens is 1. The fourth-order valence-electron chi connectivity index (χ4n) is 2.28. The van der Waals surface area contributed by atoms with Crippen molar-refractivity contribution in [2.75, 3.05) is 0 Å². The summed E-state index contributed by atoms with van der Waals surface area (Å²) in [6, 6.07) is 2.96. The maximum Gasteiger partial charge on any atom is 0.243 e. The Balaban J connectivity index is 2.24. The Morgan fingerprint density at radius 3 is 2.78 bits per heavy atom. The predicted octanol–water partition coefficient (Wildman–Crippen LogP) is 1.69. The van der Waals surface area contributed by atoms with E-state index in [9.17, 15) is 8.42 Å². The summed E-state index contributed by atoms with van der Waals surface area (Å²) >= 11 is 0. The van der Waals surface area contributed by atoms with Gasteiger partial charge in [-0.1, -0.05) is 13.3 Å². The van der Waals surface area contributed by atoms with Gasteiger partial charge in [0.25, 0.3) is 0 Å². The highest BCUT2D eigenvalue weighted by atomic mass is 32.2. The molecular weight excluding hydrogens is 252 g/mol. The first-order valence-electron chi connectivity index (χ1n) is 6.13. The lowest BCUT2D eigenvalue weighted by molar-refractivity contribution is 0.0942. The van der Waals surface area contributed by atoms with Crippen LogP contribution in [0, 0.1) is 5.92 Å². The van der Waals surface area contributed by atoms with Gasteiger partial charge in [0.05, 0.1) is 0 Å². The van der Waals surface area contributed by atoms with E-state index in [0.29, 0.717) is 5.92 Å². The van der Waals surface area contributed by atoms with Crippen LogP contribution in [0.2, 0.25) is 0 Å². The summed E-state index contributed by atoms with van der Waals surface area (Å²) in [5, 5.41) is 5.15. The molecule has 0 bridgehead atoms. The zero-order chi connectivity index (χ0) is 13.2.